The lowest BCUT2D eigenvalue weighted by Crippen LogP contribution is -2.28. The molecule has 0 bridgehead atoms. The zero-order valence-corrected chi connectivity index (χ0v) is 9.07. The van der Waals surface area contributed by atoms with Gasteiger partial charge in [-0.05, 0) is 6.92 Å². The largest absolute Gasteiger partial charge is 0.390 e. The Labute approximate surface area is 84.9 Å². The highest BCUT2D eigenvalue weighted by molar-refractivity contribution is 9.09. The normalized spacial score (nSPS) is 13.2. The van der Waals surface area contributed by atoms with Crippen LogP contribution < -0.4 is 5.69 Å². The molecule has 1 unspecified atom stereocenters. The summed E-state index contributed by atoms with van der Waals surface area (Å²) in [5.74, 6) is 0. The summed E-state index contributed by atoms with van der Waals surface area (Å²) in [5, 5.41) is 9.78. The highest BCUT2D eigenvalue weighted by Crippen LogP contribution is 1.94. The number of aliphatic hydroxyl groups excluding tert-OH is 1. The Morgan fingerprint density at radius 2 is 2.15 bits per heavy atom. The fourth-order valence-electron chi connectivity index (χ4n) is 1.11. The summed E-state index contributed by atoms with van der Waals surface area (Å²) in [6.45, 7) is 2.92. The summed E-state index contributed by atoms with van der Waals surface area (Å²) in [4.78, 5) is 11.5. The molecular formula is C8H13BrN2O2. The van der Waals surface area contributed by atoms with Crippen LogP contribution in [0.1, 0.15) is 6.92 Å². The van der Waals surface area contributed by atoms with Crippen LogP contribution in [0, 0.1) is 0 Å². The van der Waals surface area contributed by atoms with E-state index in [1.165, 1.54) is 4.57 Å². The molecule has 0 aliphatic heterocycles. The third-order valence-electron chi connectivity index (χ3n) is 1.84. The number of aryl methyl sites for hydroxylation is 1. The number of hydrogen-bond donors (Lipinski definition) is 1. The Morgan fingerprint density at radius 1 is 1.54 bits per heavy atom. The van der Waals surface area contributed by atoms with Gasteiger partial charge in [0.05, 0.1) is 12.6 Å². The third-order valence-corrected chi connectivity index (χ3v) is 2.59. The molecule has 1 N–H and O–H groups in total. The molecule has 5 heteroatoms. The molecule has 0 radical (unpaired) electrons. The van der Waals surface area contributed by atoms with E-state index < -0.39 is 6.10 Å². The predicted octanol–water partition coefficient (Wildman–Crippen LogP) is 0.425. The van der Waals surface area contributed by atoms with Crippen LogP contribution in [0.5, 0.6) is 0 Å². The smallest absolute Gasteiger partial charge is 0.328 e. The van der Waals surface area contributed by atoms with Crippen molar-refractivity contribution in [3.05, 3.63) is 22.9 Å². The van der Waals surface area contributed by atoms with Crippen LogP contribution in [0.25, 0.3) is 0 Å². The minimum Gasteiger partial charge on any atom is -0.390 e. The predicted molar refractivity (Wildman–Crippen MR) is 54.2 cm³/mol. The topological polar surface area (TPSA) is 47.2 Å². The maximum atomic E-state index is 11.5. The van der Waals surface area contributed by atoms with Gasteiger partial charge < -0.3 is 5.11 Å². The minimum atomic E-state index is -0.509. The number of nitrogens with zero attached hydrogens (tertiary/aromatic N) is 2. The van der Waals surface area contributed by atoms with Gasteiger partial charge >= 0.3 is 5.69 Å². The van der Waals surface area contributed by atoms with Crippen molar-refractivity contribution in [3.8, 4) is 0 Å². The zero-order chi connectivity index (χ0) is 9.84. The van der Waals surface area contributed by atoms with Gasteiger partial charge in [0.25, 0.3) is 0 Å². The minimum absolute atomic E-state index is 0.0671. The molecule has 1 aromatic rings. The van der Waals surface area contributed by atoms with Crippen molar-refractivity contribution in [1.82, 2.24) is 9.13 Å². The Hall–Kier alpha value is -0.550. The summed E-state index contributed by atoms with van der Waals surface area (Å²) >= 11 is 3.15. The molecule has 4 nitrogen and oxygen atoms in total. The van der Waals surface area contributed by atoms with Crippen molar-refractivity contribution in [1.29, 1.82) is 0 Å². The maximum absolute atomic E-state index is 11.5. The second-order valence-corrected chi connectivity index (χ2v) is 3.47. The van der Waals surface area contributed by atoms with Crippen LogP contribution in [0.2, 0.25) is 0 Å². The van der Waals surface area contributed by atoms with Crippen LogP contribution in [-0.2, 0) is 13.1 Å². The van der Waals surface area contributed by atoms with E-state index >= 15 is 0 Å². The molecule has 1 aromatic heterocycles. The summed E-state index contributed by atoms with van der Waals surface area (Å²) in [7, 11) is 0. The number of rotatable bonds is 4. The lowest BCUT2D eigenvalue weighted by atomic mass is 10.4. The maximum Gasteiger partial charge on any atom is 0.328 e. The molecule has 0 saturated heterocycles. The van der Waals surface area contributed by atoms with Crippen LogP contribution in [0.15, 0.2) is 17.2 Å². The van der Waals surface area contributed by atoms with Gasteiger partial charge in [0.2, 0.25) is 0 Å². The van der Waals surface area contributed by atoms with E-state index in [1.54, 1.807) is 17.0 Å². The van der Waals surface area contributed by atoms with Crippen LogP contribution in [-0.4, -0.2) is 25.7 Å². The molecule has 0 spiro atoms. The van der Waals surface area contributed by atoms with E-state index in [4.69, 9.17) is 0 Å². The Kier molecular flexibility index (Phi) is 3.74. The average Bonchev–Trinajstić information content (AvgIpc) is 2.48. The fourth-order valence-corrected chi connectivity index (χ4v) is 1.31. The SMILES string of the molecule is CCn1ccn(CC(O)CBr)c1=O. The quantitative estimate of drug-likeness (QED) is 0.786. The first-order valence-electron chi connectivity index (χ1n) is 4.18. The highest BCUT2D eigenvalue weighted by atomic mass is 79.9. The number of alkyl halides is 1. The molecule has 1 atom stereocenters. The first-order chi connectivity index (χ1) is 6.19. The van der Waals surface area contributed by atoms with Crippen molar-refractivity contribution in [2.75, 3.05) is 5.33 Å². The highest BCUT2D eigenvalue weighted by Gasteiger charge is 2.06. The number of hydrogen-bond acceptors (Lipinski definition) is 2. The molecule has 0 aromatic carbocycles. The number of aromatic nitrogens is 2. The third kappa shape index (κ3) is 2.45. The van der Waals surface area contributed by atoms with Crippen molar-refractivity contribution in [2.24, 2.45) is 0 Å². The second-order valence-electron chi connectivity index (χ2n) is 2.83. The molecule has 0 aliphatic rings. The van der Waals surface area contributed by atoms with Crippen molar-refractivity contribution in [3.63, 3.8) is 0 Å². The van der Waals surface area contributed by atoms with Crippen LogP contribution >= 0.6 is 15.9 Å². The van der Waals surface area contributed by atoms with Gasteiger partial charge in [0.1, 0.15) is 0 Å². The fraction of sp³-hybridized carbons (Fsp3) is 0.625. The lowest BCUT2D eigenvalue weighted by molar-refractivity contribution is 0.177. The molecule has 0 aliphatic carbocycles. The summed E-state index contributed by atoms with van der Waals surface area (Å²) in [6, 6.07) is 0. The number of aliphatic hydroxyl groups is 1. The van der Waals surface area contributed by atoms with E-state index in [9.17, 15) is 9.90 Å². The Bertz CT molecular complexity index is 318. The van der Waals surface area contributed by atoms with Crippen molar-refractivity contribution < 1.29 is 5.11 Å². The van der Waals surface area contributed by atoms with E-state index in [2.05, 4.69) is 15.9 Å². The summed E-state index contributed by atoms with van der Waals surface area (Å²) < 4.78 is 3.11. The lowest BCUT2D eigenvalue weighted by Gasteiger charge is -2.05. The molecule has 1 rings (SSSR count). The van der Waals surface area contributed by atoms with E-state index in [1.807, 2.05) is 6.92 Å². The van der Waals surface area contributed by atoms with Crippen LogP contribution in [0.4, 0.5) is 0 Å². The standard InChI is InChI=1S/C8H13BrN2O2/c1-2-10-3-4-11(8(10)13)6-7(12)5-9/h3-4,7,12H,2,5-6H2,1H3. The van der Waals surface area contributed by atoms with Gasteiger partial charge in [0, 0.05) is 24.3 Å². The first kappa shape index (κ1) is 10.5. The van der Waals surface area contributed by atoms with E-state index in [0.29, 0.717) is 18.4 Å². The van der Waals surface area contributed by atoms with Crippen molar-refractivity contribution in [2.45, 2.75) is 26.1 Å². The summed E-state index contributed by atoms with van der Waals surface area (Å²) in [5.41, 5.74) is -0.0671. The second kappa shape index (κ2) is 4.62. The average molecular weight is 249 g/mol. The van der Waals surface area contributed by atoms with Gasteiger partial charge in [0.15, 0.2) is 0 Å². The molecule has 0 fully saturated rings. The van der Waals surface area contributed by atoms with Crippen LogP contribution in [0.3, 0.4) is 0 Å². The monoisotopic (exact) mass is 248 g/mol. The summed E-state index contributed by atoms with van der Waals surface area (Å²) in [6.07, 6.45) is 2.91. The van der Waals surface area contributed by atoms with Gasteiger partial charge in [-0.1, -0.05) is 15.9 Å². The number of halogens is 1. The Balaban J connectivity index is 2.78. The van der Waals surface area contributed by atoms with Gasteiger partial charge in [-0.2, -0.15) is 0 Å². The van der Waals surface area contributed by atoms with Crippen molar-refractivity contribution >= 4 is 15.9 Å². The molecule has 74 valence electrons. The van der Waals surface area contributed by atoms with Gasteiger partial charge in [-0.15, -0.1) is 0 Å². The molecule has 0 amide bonds. The van der Waals surface area contributed by atoms with Gasteiger partial charge in [-0.25, -0.2) is 4.79 Å². The first-order valence-corrected chi connectivity index (χ1v) is 5.30. The van der Waals surface area contributed by atoms with E-state index in [-0.39, 0.29) is 5.69 Å². The zero-order valence-electron chi connectivity index (χ0n) is 7.48. The van der Waals surface area contributed by atoms with E-state index in [0.717, 1.165) is 0 Å². The molecule has 1 heterocycles. The molecule has 13 heavy (non-hydrogen) atoms. The molecule has 0 saturated carbocycles. The molecular weight excluding hydrogens is 236 g/mol. The van der Waals surface area contributed by atoms with Gasteiger partial charge in [-0.3, -0.25) is 9.13 Å². The Morgan fingerprint density at radius 3 is 2.62 bits per heavy atom. The number of imidazole rings is 1.